The summed E-state index contributed by atoms with van der Waals surface area (Å²) in [5, 5.41) is 4.75. The molecule has 0 heterocycles. The van der Waals surface area contributed by atoms with Crippen LogP contribution in [0, 0.1) is 0 Å². The summed E-state index contributed by atoms with van der Waals surface area (Å²) in [6, 6.07) is 7.41. The minimum atomic E-state index is -1.03. The monoisotopic (exact) mass is 434 g/mol. The topological polar surface area (TPSA) is 111 Å². The van der Waals surface area contributed by atoms with Crippen molar-refractivity contribution in [3.63, 3.8) is 0 Å². The third kappa shape index (κ3) is 13.1. The Hall–Kier alpha value is -2.90. The normalized spacial score (nSPS) is 11.3. The van der Waals surface area contributed by atoms with Gasteiger partial charge in [0, 0.05) is 6.42 Å². The molecule has 1 atom stereocenters. The zero-order valence-corrected chi connectivity index (χ0v) is 18.3. The van der Waals surface area contributed by atoms with Crippen molar-refractivity contribution in [2.75, 3.05) is 13.2 Å². The van der Waals surface area contributed by atoms with Gasteiger partial charge in [0.1, 0.15) is 18.9 Å². The fourth-order valence-corrected chi connectivity index (χ4v) is 2.82. The number of hydrogen-bond donors (Lipinski definition) is 2. The third-order valence-corrected chi connectivity index (χ3v) is 4.56. The molecular weight excluding hydrogens is 400 g/mol. The molecule has 1 rings (SSSR count). The highest BCUT2D eigenvalue weighted by atomic mass is 16.5. The molecule has 0 saturated carbocycles. The van der Waals surface area contributed by atoms with Gasteiger partial charge in [-0.1, -0.05) is 69.4 Å². The first kappa shape index (κ1) is 26.1. The molecule has 0 radical (unpaired) electrons. The molecule has 2 amide bonds. The summed E-state index contributed by atoms with van der Waals surface area (Å²) in [7, 11) is 0. The summed E-state index contributed by atoms with van der Waals surface area (Å²) >= 11 is 0. The van der Waals surface area contributed by atoms with E-state index in [4.69, 9.17) is 9.47 Å². The van der Waals surface area contributed by atoms with Crippen LogP contribution in [0.3, 0.4) is 0 Å². The molecule has 0 bridgehead atoms. The number of urea groups is 1. The van der Waals surface area contributed by atoms with Crippen LogP contribution in [-0.2, 0) is 30.5 Å². The van der Waals surface area contributed by atoms with Crippen molar-refractivity contribution in [1.82, 2.24) is 10.6 Å². The predicted molar refractivity (Wildman–Crippen MR) is 116 cm³/mol. The van der Waals surface area contributed by atoms with Crippen molar-refractivity contribution in [1.29, 1.82) is 0 Å². The zero-order chi connectivity index (χ0) is 22.7. The fourth-order valence-electron chi connectivity index (χ4n) is 2.82. The number of ether oxygens (including phenoxy) is 2. The summed E-state index contributed by atoms with van der Waals surface area (Å²) < 4.78 is 10.5. The number of benzene rings is 1. The van der Waals surface area contributed by atoms with Gasteiger partial charge < -0.3 is 24.9 Å². The predicted octanol–water partition coefficient (Wildman–Crippen LogP) is 3.28. The van der Waals surface area contributed by atoms with Crippen molar-refractivity contribution >= 4 is 24.3 Å². The van der Waals surface area contributed by atoms with Crippen molar-refractivity contribution in [3.05, 3.63) is 35.9 Å². The first-order valence-electron chi connectivity index (χ1n) is 10.9. The Morgan fingerprint density at radius 1 is 1.00 bits per heavy atom. The van der Waals surface area contributed by atoms with Crippen LogP contribution in [0.4, 0.5) is 4.79 Å². The SMILES string of the molecule is CCCCCCCCOC(=O)CCC(NC(=O)NCC=O)C(=O)OCc1ccccc1. The van der Waals surface area contributed by atoms with Crippen LogP contribution in [-0.4, -0.2) is 43.4 Å². The molecule has 8 heteroatoms. The largest absolute Gasteiger partial charge is 0.466 e. The number of unbranched alkanes of at least 4 members (excludes halogenated alkanes) is 5. The number of rotatable bonds is 16. The molecule has 8 nitrogen and oxygen atoms in total. The summed E-state index contributed by atoms with van der Waals surface area (Å²) in [5.41, 5.74) is 0.804. The van der Waals surface area contributed by atoms with E-state index in [1.54, 1.807) is 0 Å². The Labute approximate surface area is 184 Å². The van der Waals surface area contributed by atoms with Gasteiger partial charge >= 0.3 is 18.0 Å². The number of esters is 2. The second-order valence-corrected chi connectivity index (χ2v) is 7.19. The van der Waals surface area contributed by atoms with Gasteiger partial charge in [-0.05, 0) is 18.4 Å². The molecule has 0 aromatic heterocycles. The number of carbonyl (C=O) groups is 4. The molecule has 31 heavy (non-hydrogen) atoms. The Kier molecular flexibility index (Phi) is 14.2. The van der Waals surface area contributed by atoms with Crippen molar-refractivity contribution in [2.45, 2.75) is 70.9 Å². The van der Waals surface area contributed by atoms with Crippen LogP contribution in [0.5, 0.6) is 0 Å². The second-order valence-electron chi connectivity index (χ2n) is 7.19. The maximum Gasteiger partial charge on any atom is 0.329 e. The first-order valence-corrected chi connectivity index (χ1v) is 10.9. The molecule has 0 fully saturated rings. The van der Waals surface area contributed by atoms with Gasteiger partial charge in [0.2, 0.25) is 0 Å². The molecule has 0 saturated heterocycles. The van der Waals surface area contributed by atoms with E-state index in [9.17, 15) is 19.2 Å². The molecular formula is C23H34N2O6. The van der Waals surface area contributed by atoms with Crippen LogP contribution in [0.1, 0.15) is 63.9 Å². The molecule has 0 aliphatic heterocycles. The lowest BCUT2D eigenvalue weighted by Gasteiger charge is -2.17. The molecule has 1 unspecified atom stereocenters. The summed E-state index contributed by atoms with van der Waals surface area (Å²) in [4.78, 5) is 46.7. The van der Waals surface area contributed by atoms with Crippen LogP contribution in [0.25, 0.3) is 0 Å². The molecule has 0 aliphatic carbocycles. The lowest BCUT2D eigenvalue weighted by molar-refractivity contribution is -0.148. The molecule has 0 aliphatic rings. The van der Waals surface area contributed by atoms with E-state index in [1.807, 2.05) is 30.3 Å². The van der Waals surface area contributed by atoms with E-state index >= 15 is 0 Å². The minimum Gasteiger partial charge on any atom is -0.466 e. The third-order valence-electron chi connectivity index (χ3n) is 4.56. The van der Waals surface area contributed by atoms with E-state index in [0.29, 0.717) is 12.9 Å². The van der Waals surface area contributed by atoms with Crippen LogP contribution in [0.2, 0.25) is 0 Å². The van der Waals surface area contributed by atoms with Crippen molar-refractivity contribution < 1.29 is 28.7 Å². The Morgan fingerprint density at radius 3 is 2.42 bits per heavy atom. The Bertz CT molecular complexity index is 665. The lowest BCUT2D eigenvalue weighted by atomic mass is 10.1. The molecule has 2 N–H and O–H groups in total. The molecule has 0 spiro atoms. The fraction of sp³-hybridized carbons (Fsp3) is 0.565. The zero-order valence-electron chi connectivity index (χ0n) is 18.3. The standard InChI is InChI=1S/C23H34N2O6/c1-2-3-4-5-6-10-17-30-21(27)14-13-20(25-23(29)24-15-16-26)22(28)31-18-19-11-8-7-9-12-19/h7-9,11-12,16,20H,2-6,10,13-15,17-18H2,1H3,(H2,24,25,29). The molecule has 1 aromatic carbocycles. The molecule has 172 valence electrons. The number of amides is 2. The highest BCUT2D eigenvalue weighted by Gasteiger charge is 2.23. The Morgan fingerprint density at radius 2 is 1.71 bits per heavy atom. The van der Waals surface area contributed by atoms with E-state index in [1.165, 1.54) is 19.3 Å². The van der Waals surface area contributed by atoms with Crippen LogP contribution < -0.4 is 10.6 Å². The van der Waals surface area contributed by atoms with Crippen LogP contribution in [0.15, 0.2) is 30.3 Å². The quantitative estimate of drug-likeness (QED) is 0.235. The minimum absolute atomic E-state index is 0.0328. The number of carbonyl (C=O) groups excluding carboxylic acids is 4. The molecule has 1 aromatic rings. The van der Waals surface area contributed by atoms with E-state index in [-0.39, 0.29) is 26.0 Å². The lowest BCUT2D eigenvalue weighted by Crippen LogP contribution is -2.47. The van der Waals surface area contributed by atoms with E-state index in [2.05, 4.69) is 17.6 Å². The van der Waals surface area contributed by atoms with Gasteiger partial charge in [0.15, 0.2) is 0 Å². The maximum atomic E-state index is 12.4. The van der Waals surface area contributed by atoms with Gasteiger partial charge in [-0.3, -0.25) is 4.79 Å². The Balaban J connectivity index is 2.43. The second kappa shape index (κ2) is 16.8. The van der Waals surface area contributed by atoms with Gasteiger partial charge in [0.05, 0.1) is 13.2 Å². The smallest absolute Gasteiger partial charge is 0.329 e. The van der Waals surface area contributed by atoms with Gasteiger partial charge in [-0.2, -0.15) is 0 Å². The maximum absolute atomic E-state index is 12.4. The van der Waals surface area contributed by atoms with Crippen LogP contribution >= 0.6 is 0 Å². The summed E-state index contributed by atoms with van der Waals surface area (Å²) in [6.45, 7) is 2.38. The summed E-state index contributed by atoms with van der Waals surface area (Å²) in [5.74, 6) is -1.08. The number of hydrogen-bond acceptors (Lipinski definition) is 6. The van der Waals surface area contributed by atoms with E-state index < -0.39 is 24.0 Å². The average molecular weight is 435 g/mol. The average Bonchev–Trinajstić information content (AvgIpc) is 2.78. The highest BCUT2D eigenvalue weighted by molar-refractivity contribution is 5.84. The summed E-state index contributed by atoms with van der Waals surface area (Å²) in [6.07, 6.45) is 7.08. The van der Waals surface area contributed by atoms with Crippen molar-refractivity contribution in [3.8, 4) is 0 Å². The van der Waals surface area contributed by atoms with Gasteiger partial charge in [-0.15, -0.1) is 0 Å². The van der Waals surface area contributed by atoms with Gasteiger partial charge in [0.25, 0.3) is 0 Å². The number of nitrogens with one attached hydrogen (secondary N) is 2. The van der Waals surface area contributed by atoms with Crippen molar-refractivity contribution in [2.24, 2.45) is 0 Å². The van der Waals surface area contributed by atoms with Gasteiger partial charge in [-0.25, -0.2) is 9.59 Å². The first-order chi connectivity index (χ1) is 15.1. The highest BCUT2D eigenvalue weighted by Crippen LogP contribution is 2.08. The van der Waals surface area contributed by atoms with E-state index in [0.717, 1.165) is 24.8 Å². The number of aldehydes is 1.